The fourth-order valence-corrected chi connectivity index (χ4v) is 6.59. The number of aromatic nitrogens is 3. The van der Waals surface area contributed by atoms with Crippen molar-refractivity contribution in [2.45, 2.75) is 38.0 Å². The van der Waals surface area contributed by atoms with E-state index in [1.54, 1.807) is 0 Å². The fraction of sp³-hybridized carbons (Fsp3) is 0.600. The quantitative estimate of drug-likeness (QED) is 0.820. The molecule has 1 aromatic carbocycles. The molecule has 6 rings (SSSR count). The maximum atomic E-state index is 6.35. The first-order valence-electron chi connectivity index (χ1n) is 10.4. The second-order valence-corrected chi connectivity index (χ2v) is 10.2. The Morgan fingerprint density at radius 1 is 1.04 bits per heavy atom. The van der Waals surface area contributed by atoms with Crippen molar-refractivity contribution in [2.75, 3.05) is 18.4 Å². The minimum absolute atomic E-state index is 0.0365. The first kappa shape index (κ1) is 16.4. The third-order valence-electron chi connectivity index (χ3n) is 7.05. The van der Waals surface area contributed by atoms with Gasteiger partial charge in [-0.15, -0.1) is 5.10 Å². The van der Waals surface area contributed by atoms with Crippen LogP contribution >= 0.6 is 0 Å². The molecule has 2 aliphatic heterocycles. The van der Waals surface area contributed by atoms with Gasteiger partial charge in [-0.25, -0.2) is 4.68 Å². The van der Waals surface area contributed by atoms with E-state index >= 15 is 0 Å². The van der Waals surface area contributed by atoms with Gasteiger partial charge in [0.1, 0.15) is 5.75 Å². The molecule has 27 heavy (non-hydrogen) atoms. The van der Waals surface area contributed by atoms with E-state index in [4.69, 9.17) is 14.8 Å². The highest BCUT2D eigenvalue weighted by Crippen LogP contribution is 2.53. The molecule has 0 radical (unpaired) electrons. The lowest BCUT2D eigenvalue weighted by molar-refractivity contribution is 0.141. The van der Waals surface area contributed by atoms with E-state index in [-0.39, 0.29) is 6.10 Å². The Bertz CT molecular complexity index is 828. The summed E-state index contributed by atoms with van der Waals surface area (Å²) < 4.78 is 11.1. The first-order valence-corrected chi connectivity index (χ1v) is 11.3. The molecule has 0 spiro atoms. The normalized spacial score (nSPS) is 36.7. The van der Waals surface area contributed by atoms with Crippen molar-refractivity contribution in [3.8, 4) is 5.75 Å². The number of ether oxygens (including phenoxy) is 1. The van der Waals surface area contributed by atoms with Gasteiger partial charge in [0.25, 0.3) is 0 Å². The number of rotatable bonds is 4. The zero-order chi connectivity index (χ0) is 18.0. The summed E-state index contributed by atoms with van der Waals surface area (Å²) in [5.74, 6) is 5.56. The number of anilines is 1. The second kappa shape index (κ2) is 6.23. The molecule has 4 aliphatic rings. The molecule has 140 valence electrons. The maximum Gasteiger partial charge on any atom is 0.321 e. The van der Waals surface area contributed by atoms with E-state index in [1.807, 2.05) is 30.3 Å². The van der Waals surface area contributed by atoms with Crippen LogP contribution in [0.2, 0.25) is 0 Å². The second-order valence-electron chi connectivity index (χ2n) is 8.98. The molecule has 6 nitrogen and oxygen atoms in total. The molecule has 1 saturated heterocycles. The van der Waals surface area contributed by atoms with Crippen LogP contribution in [0.15, 0.2) is 30.3 Å². The molecule has 7 heteroatoms. The third-order valence-corrected chi connectivity index (χ3v) is 7.78. The molecule has 3 fully saturated rings. The number of fused-ring (bicyclic) bond motifs is 4. The van der Waals surface area contributed by atoms with E-state index < -0.39 is 0 Å². The monoisotopic (exact) mass is 379 g/mol. The van der Waals surface area contributed by atoms with Crippen molar-refractivity contribution < 1.29 is 4.74 Å². The summed E-state index contributed by atoms with van der Waals surface area (Å²) in [5.41, 5.74) is 0. The van der Waals surface area contributed by atoms with Gasteiger partial charge in [-0.05, 0) is 62.2 Å². The van der Waals surface area contributed by atoms with Gasteiger partial charge >= 0.3 is 16.5 Å². The standard InChI is InChI=1S/C20H24N5O.Al.2H/c1-2-4-15(5-3-1)26-18-16-8-14(16)11-25-19(18)23-20(24-25)22-17-12-6-7-13(17)10-21-9-12;;;/h1-5,12-14,16-18H,6-11H2,(H,22,24);;;/q-1;+1;;/t12-,13+,14?,16?,17?,18-;;;/m0.../s1. The summed E-state index contributed by atoms with van der Waals surface area (Å²) >= 11 is 1.18. The Labute approximate surface area is 167 Å². The predicted molar refractivity (Wildman–Crippen MR) is 105 cm³/mol. The highest BCUT2D eigenvalue weighted by Gasteiger charge is 2.51. The van der Waals surface area contributed by atoms with Crippen LogP contribution in [-0.2, 0) is 6.54 Å². The molecule has 1 aromatic heterocycles. The number of nitrogens with zero attached hydrogens (tertiary/aromatic N) is 4. The summed E-state index contributed by atoms with van der Waals surface area (Å²) in [5, 5.41) is 8.56. The van der Waals surface area contributed by atoms with Crippen molar-refractivity contribution in [3.63, 3.8) is 0 Å². The lowest BCUT2D eigenvalue weighted by Gasteiger charge is -2.37. The van der Waals surface area contributed by atoms with Crippen LogP contribution in [0.1, 0.15) is 31.2 Å². The molecular formula is C20H26AlN5O. The van der Waals surface area contributed by atoms with E-state index in [1.165, 1.54) is 48.9 Å². The van der Waals surface area contributed by atoms with E-state index in [0.717, 1.165) is 35.9 Å². The predicted octanol–water partition coefficient (Wildman–Crippen LogP) is 1.72. The number of piperidine rings is 1. The molecule has 6 atom stereocenters. The van der Waals surface area contributed by atoms with Crippen LogP contribution in [0.4, 0.5) is 5.95 Å². The Hall–Kier alpha value is -1.55. The number of hydrogen-bond acceptors (Lipinski definition) is 5. The molecule has 1 N–H and O–H groups in total. The molecular weight excluding hydrogens is 353 g/mol. The SMILES string of the molecule is [AlH2][N]1C[C@H]2CC[C@@H](C1)C2Nc1nc2n(n1)CC1CC1[C@@H]2Oc1ccccc1. The zero-order valence-electron chi connectivity index (χ0n) is 15.8. The van der Waals surface area contributed by atoms with Gasteiger partial charge in [0.15, 0.2) is 11.9 Å². The van der Waals surface area contributed by atoms with Crippen molar-refractivity contribution >= 4 is 22.5 Å². The third kappa shape index (κ3) is 2.88. The van der Waals surface area contributed by atoms with Gasteiger partial charge < -0.3 is 13.9 Å². The van der Waals surface area contributed by atoms with Gasteiger partial charge in [0.05, 0.1) is 0 Å². The van der Waals surface area contributed by atoms with Crippen LogP contribution in [-0.4, -0.2) is 54.3 Å². The smallest absolute Gasteiger partial charge is 0.321 e. The molecule has 2 aliphatic carbocycles. The van der Waals surface area contributed by atoms with Gasteiger partial charge in [0, 0.05) is 18.5 Å². The number of hydrogen-bond donors (Lipinski definition) is 1. The van der Waals surface area contributed by atoms with Gasteiger partial charge in [-0.1, -0.05) is 18.2 Å². The first-order chi connectivity index (χ1) is 13.2. The van der Waals surface area contributed by atoms with Crippen molar-refractivity contribution in [1.29, 1.82) is 0 Å². The average molecular weight is 379 g/mol. The lowest BCUT2D eigenvalue weighted by atomic mass is 9.94. The summed E-state index contributed by atoms with van der Waals surface area (Å²) in [4.78, 5) is 4.93. The minimum Gasteiger partial charge on any atom is -0.482 e. The van der Waals surface area contributed by atoms with Gasteiger partial charge in [-0.2, -0.15) is 4.98 Å². The highest BCUT2D eigenvalue weighted by molar-refractivity contribution is 6.04. The van der Waals surface area contributed by atoms with Crippen LogP contribution in [0.5, 0.6) is 5.75 Å². The highest BCUT2D eigenvalue weighted by atomic mass is 27.1. The van der Waals surface area contributed by atoms with Crippen molar-refractivity contribution in [2.24, 2.45) is 23.7 Å². The van der Waals surface area contributed by atoms with Gasteiger partial charge in [-0.3, -0.25) is 0 Å². The molecule has 3 heterocycles. The molecule has 0 amide bonds. The zero-order valence-corrected chi connectivity index (χ0v) is 17.8. The largest absolute Gasteiger partial charge is 0.482 e. The average Bonchev–Trinajstić information content (AvgIpc) is 3.26. The molecule has 2 saturated carbocycles. The van der Waals surface area contributed by atoms with Crippen LogP contribution in [0, 0.1) is 23.7 Å². The number of benzene rings is 1. The summed E-state index contributed by atoms with van der Waals surface area (Å²) in [6.45, 7) is 3.49. The van der Waals surface area contributed by atoms with Crippen molar-refractivity contribution in [3.05, 3.63) is 36.2 Å². The van der Waals surface area contributed by atoms with E-state index in [0.29, 0.717) is 17.9 Å². The molecule has 2 bridgehead atoms. The molecule has 3 unspecified atom stereocenters. The molecule has 2 aromatic rings. The Morgan fingerprint density at radius 3 is 2.59 bits per heavy atom. The summed E-state index contributed by atoms with van der Waals surface area (Å²) in [7, 11) is 0. The van der Waals surface area contributed by atoms with E-state index in [2.05, 4.69) is 13.9 Å². The topological polar surface area (TPSA) is 55.2 Å². The summed E-state index contributed by atoms with van der Waals surface area (Å²) in [6.07, 6.45) is 3.96. The Morgan fingerprint density at radius 2 is 1.81 bits per heavy atom. The van der Waals surface area contributed by atoms with Gasteiger partial charge in [0.2, 0.25) is 5.95 Å². The maximum absolute atomic E-state index is 6.35. The van der Waals surface area contributed by atoms with Crippen LogP contribution in [0.25, 0.3) is 0 Å². The Kier molecular flexibility index (Phi) is 3.79. The van der Waals surface area contributed by atoms with Crippen LogP contribution in [0.3, 0.4) is 0 Å². The van der Waals surface area contributed by atoms with E-state index in [9.17, 15) is 0 Å². The summed E-state index contributed by atoms with van der Waals surface area (Å²) in [6, 6.07) is 10.7. The number of nitrogens with one attached hydrogen (secondary N) is 1. The fourth-order valence-electron chi connectivity index (χ4n) is 5.65. The van der Waals surface area contributed by atoms with Crippen LogP contribution < -0.4 is 10.1 Å². The van der Waals surface area contributed by atoms with Crippen molar-refractivity contribution in [1.82, 2.24) is 18.6 Å². The minimum atomic E-state index is 0.0365. The Balaban J connectivity index is 1.24. The number of para-hydroxylation sites is 1. The lowest BCUT2D eigenvalue weighted by Crippen LogP contribution is -2.47.